The fourth-order valence-corrected chi connectivity index (χ4v) is 1.94. The molecule has 0 aliphatic carbocycles. The number of nitriles is 1. The zero-order valence-electron chi connectivity index (χ0n) is 11.4. The first-order valence-corrected chi connectivity index (χ1v) is 6.10. The third-order valence-corrected chi connectivity index (χ3v) is 3.07. The number of nitrogens with zero attached hydrogens (tertiary/aromatic N) is 2. The molecule has 0 bridgehead atoms. The van der Waals surface area contributed by atoms with E-state index in [-0.39, 0.29) is 6.61 Å². The summed E-state index contributed by atoms with van der Waals surface area (Å²) < 4.78 is 6.89. The smallest absolute Gasteiger partial charge is 0.355 e. The average molecular weight is 269 g/mol. The van der Waals surface area contributed by atoms with Crippen molar-refractivity contribution in [2.24, 2.45) is 7.05 Å². The topological polar surface area (TPSA) is 81.0 Å². The molecule has 5 nitrogen and oxygen atoms in total. The van der Waals surface area contributed by atoms with Gasteiger partial charge in [-0.2, -0.15) is 5.26 Å². The Hall–Kier alpha value is -2.74. The van der Waals surface area contributed by atoms with Crippen LogP contribution in [-0.2, 0) is 18.4 Å². The van der Waals surface area contributed by atoms with Gasteiger partial charge < -0.3 is 15.0 Å². The number of carbonyl (C=O) groups is 1. The van der Waals surface area contributed by atoms with Crippen LogP contribution in [0.4, 0.5) is 5.69 Å². The minimum absolute atomic E-state index is 0.168. The van der Waals surface area contributed by atoms with Gasteiger partial charge in [0, 0.05) is 13.2 Å². The lowest BCUT2D eigenvalue weighted by Crippen LogP contribution is -2.10. The molecule has 1 aromatic carbocycles. The maximum absolute atomic E-state index is 11.9. The molecule has 2 N–H and O–H groups in total. The molecule has 2 rings (SSSR count). The number of hydrogen-bond acceptors (Lipinski definition) is 4. The van der Waals surface area contributed by atoms with Crippen molar-refractivity contribution in [1.29, 1.82) is 5.26 Å². The number of aryl methyl sites for hydroxylation is 2. The number of nitrogens with two attached hydrogens (primary N) is 1. The van der Waals surface area contributed by atoms with Gasteiger partial charge in [0.15, 0.2) is 0 Å². The van der Waals surface area contributed by atoms with Gasteiger partial charge in [-0.1, -0.05) is 6.07 Å². The summed E-state index contributed by atoms with van der Waals surface area (Å²) in [4.78, 5) is 11.9. The number of rotatable bonds is 3. The van der Waals surface area contributed by atoms with Crippen molar-refractivity contribution in [1.82, 2.24) is 4.57 Å². The highest BCUT2D eigenvalue weighted by atomic mass is 16.5. The molecule has 0 aliphatic heterocycles. The van der Waals surface area contributed by atoms with E-state index >= 15 is 0 Å². The van der Waals surface area contributed by atoms with Crippen LogP contribution >= 0.6 is 0 Å². The molecule has 20 heavy (non-hydrogen) atoms. The van der Waals surface area contributed by atoms with E-state index < -0.39 is 5.97 Å². The predicted octanol–water partition coefficient (Wildman–Crippen LogP) is 2.14. The molecule has 0 spiro atoms. The van der Waals surface area contributed by atoms with Gasteiger partial charge in [-0.25, -0.2) is 4.79 Å². The normalized spacial score (nSPS) is 10.1. The van der Waals surface area contributed by atoms with E-state index in [0.29, 0.717) is 16.9 Å². The second kappa shape index (κ2) is 5.49. The Bertz CT molecular complexity index is 696. The van der Waals surface area contributed by atoms with Gasteiger partial charge in [-0.15, -0.1) is 0 Å². The summed E-state index contributed by atoms with van der Waals surface area (Å²) in [5.41, 5.74) is 8.94. The Labute approximate surface area is 117 Å². The summed E-state index contributed by atoms with van der Waals surface area (Å²) >= 11 is 0. The lowest BCUT2D eigenvalue weighted by molar-refractivity contribution is 0.0461. The fourth-order valence-electron chi connectivity index (χ4n) is 1.94. The Balaban J connectivity index is 2.08. The van der Waals surface area contributed by atoms with E-state index in [2.05, 4.69) is 6.07 Å². The Morgan fingerprint density at radius 2 is 2.20 bits per heavy atom. The SMILES string of the molecule is Cc1cc(C#N)ccc1COC(=O)c1cc(N)cn1C. The summed E-state index contributed by atoms with van der Waals surface area (Å²) in [6, 6.07) is 8.91. The molecule has 0 unspecified atom stereocenters. The maximum Gasteiger partial charge on any atom is 0.355 e. The van der Waals surface area contributed by atoms with Crippen molar-refractivity contribution in [2.75, 3.05) is 5.73 Å². The van der Waals surface area contributed by atoms with Crippen LogP contribution in [0, 0.1) is 18.3 Å². The third kappa shape index (κ3) is 2.81. The summed E-state index contributed by atoms with van der Waals surface area (Å²) in [7, 11) is 1.74. The molecule has 0 radical (unpaired) electrons. The number of carbonyl (C=O) groups excluding carboxylic acids is 1. The first-order valence-electron chi connectivity index (χ1n) is 6.10. The summed E-state index contributed by atoms with van der Waals surface area (Å²) in [6.45, 7) is 2.05. The van der Waals surface area contributed by atoms with Crippen molar-refractivity contribution < 1.29 is 9.53 Å². The van der Waals surface area contributed by atoms with E-state index in [1.165, 1.54) is 0 Å². The molecule has 1 heterocycles. The minimum Gasteiger partial charge on any atom is -0.456 e. The lowest BCUT2D eigenvalue weighted by atomic mass is 10.1. The molecule has 0 saturated carbocycles. The van der Waals surface area contributed by atoms with Crippen molar-refractivity contribution in [3.8, 4) is 6.07 Å². The monoisotopic (exact) mass is 269 g/mol. The van der Waals surface area contributed by atoms with Crippen LogP contribution in [0.25, 0.3) is 0 Å². The number of nitrogen functional groups attached to an aromatic ring is 1. The van der Waals surface area contributed by atoms with Crippen LogP contribution in [0.15, 0.2) is 30.5 Å². The number of hydrogen-bond donors (Lipinski definition) is 1. The van der Waals surface area contributed by atoms with E-state index in [1.54, 1.807) is 42.1 Å². The van der Waals surface area contributed by atoms with Gasteiger partial charge in [0.25, 0.3) is 0 Å². The van der Waals surface area contributed by atoms with Gasteiger partial charge in [-0.3, -0.25) is 0 Å². The quantitative estimate of drug-likeness (QED) is 0.865. The van der Waals surface area contributed by atoms with Crippen molar-refractivity contribution in [3.63, 3.8) is 0 Å². The Kier molecular flexibility index (Phi) is 3.76. The molecule has 102 valence electrons. The van der Waals surface area contributed by atoms with Crippen LogP contribution < -0.4 is 5.73 Å². The molecule has 0 atom stereocenters. The first kappa shape index (κ1) is 13.7. The van der Waals surface area contributed by atoms with Gasteiger partial charge in [-0.05, 0) is 36.2 Å². The molecule has 0 saturated heterocycles. The summed E-state index contributed by atoms with van der Waals surface area (Å²) in [5.74, 6) is -0.423. The van der Waals surface area contributed by atoms with Crippen molar-refractivity contribution in [2.45, 2.75) is 13.5 Å². The first-order chi connectivity index (χ1) is 9.51. The number of anilines is 1. The largest absolute Gasteiger partial charge is 0.456 e. The molecular formula is C15H15N3O2. The van der Waals surface area contributed by atoms with Gasteiger partial charge in [0.05, 0.1) is 17.3 Å². The second-order valence-corrected chi connectivity index (χ2v) is 4.60. The molecule has 2 aromatic rings. The van der Waals surface area contributed by atoms with Crippen LogP contribution in [0.3, 0.4) is 0 Å². The fraction of sp³-hybridized carbons (Fsp3) is 0.200. The van der Waals surface area contributed by atoms with E-state index in [0.717, 1.165) is 11.1 Å². The highest BCUT2D eigenvalue weighted by Crippen LogP contribution is 2.14. The Morgan fingerprint density at radius 3 is 2.75 bits per heavy atom. The predicted molar refractivity (Wildman–Crippen MR) is 74.8 cm³/mol. The van der Waals surface area contributed by atoms with E-state index in [4.69, 9.17) is 15.7 Å². The number of esters is 1. The number of benzene rings is 1. The Morgan fingerprint density at radius 1 is 1.45 bits per heavy atom. The molecule has 5 heteroatoms. The van der Waals surface area contributed by atoms with Gasteiger partial charge in [0.1, 0.15) is 12.3 Å². The number of ether oxygens (including phenoxy) is 1. The van der Waals surface area contributed by atoms with Crippen LogP contribution in [0.5, 0.6) is 0 Å². The highest BCUT2D eigenvalue weighted by Gasteiger charge is 2.13. The molecule has 1 aromatic heterocycles. The zero-order chi connectivity index (χ0) is 14.7. The van der Waals surface area contributed by atoms with E-state index in [9.17, 15) is 4.79 Å². The van der Waals surface area contributed by atoms with Crippen molar-refractivity contribution >= 4 is 11.7 Å². The van der Waals surface area contributed by atoms with Crippen LogP contribution in [0.2, 0.25) is 0 Å². The van der Waals surface area contributed by atoms with Crippen LogP contribution in [0.1, 0.15) is 27.2 Å². The maximum atomic E-state index is 11.9. The number of aromatic nitrogens is 1. The summed E-state index contributed by atoms with van der Waals surface area (Å²) in [5, 5.41) is 8.80. The molecule has 0 fully saturated rings. The minimum atomic E-state index is -0.423. The molecule has 0 aliphatic rings. The van der Waals surface area contributed by atoms with Gasteiger partial charge >= 0.3 is 5.97 Å². The van der Waals surface area contributed by atoms with Crippen molar-refractivity contribution in [3.05, 3.63) is 52.8 Å². The lowest BCUT2D eigenvalue weighted by Gasteiger charge is -2.08. The van der Waals surface area contributed by atoms with Gasteiger partial charge in [0.2, 0.25) is 0 Å². The average Bonchev–Trinajstić information content (AvgIpc) is 2.76. The summed E-state index contributed by atoms with van der Waals surface area (Å²) in [6.07, 6.45) is 1.66. The molecular weight excluding hydrogens is 254 g/mol. The van der Waals surface area contributed by atoms with Crippen LogP contribution in [-0.4, -0.2) is 10.5 Å². The molecule has 0 amide bonds. The zero-order valence-corrected chi connectivity index (χ0v) is 11.4. The highest BCUT2D eigenvalue weighted by molar-refractivity contribution is 5.89. The second-order valence-electron chi connectivity index (χ2n) is 4.60. The third-order valence-electron chi connectivity index (χ3n) is 3.07. The standard InChI is InChI=1S/C15H15N3O2/c1-10-5-11(7-16)3-4-12(10)9-20-15(19)14-6-13(17)8-18(14)2/h3-6,8H,9,17H2,1-2H3. The van der Waals surface area contributed by atoms with E-state index in [1.807, 2.05) is 6.92 Å².